The largest absolute Gasteiger partial charge is 0.493 e. The Hall–Kier alpha value is -1.99. The van der Waals surface area contributed by atoms with Crippen molar-refractivity contribution in [2.75, 3.05) is 60.5 Å². The van der Waals surface area contributed by atoms with Crippen LogP contribution in [0.5, 0.6) is 11.5 Å². The van der Waals surface area contributed by atoms with Crippen molar-refractivity contribution in [1.29, 1.82) is 0 Å². The third-order valence-corrected chi connectivity index (χ3v) is 5.03. The fourth-order valence-corrected chi connectivity index (χ4v) is 3.53. The summed E-state index contributed by atoms with van der Waals surface area (Å²) in [6.45, 7) is 7.54. The number of nitrogens with zero attached hydrogens (tertiary/aromatic N) is 3. The van der Waals surface area contributed by atoms with Crippen LogP contribution in [-0.4, -0.2) is 82.3 Å². The van der Waals surface area contributed by atoms with Gasteiger partial charge in [-0.1, -0.05) is 6.07 Å². The SMILES string of the molecule is CN=C(NCc1ccc(OC)c(OC)c1)NCC1CN2CCN1CC2. The zero-order chi connectivity index (χ0) is 17.6. The van der Waals surface area contributed by atoms with E-state index in [1.165, 1.54) is 26.2 Å². The van der Waals surface area contributed by atoms with E-state index in [0.717, 1.165) is 36.1 Å². The summed E-state index contributed by atoms with van der Waals surface area (Å²) in [5, 5.41) is 6.83. The van der Waals surface area contributed by atoms with Gasteiger partial charge in [-0.3, -0.25) is 14.8 Å². The molecular weight excluding hydrogens is 318 g/mol. The Balaban J connectivity index is 1.49. The molecule has 1 atom stereocenters. The van der Waals surface area contributed by atoms with Crippen molar-refractivity contribution in [2.24, 2.45) is 4.99 Å². The molecule has 2 bridgehead atoms. The van der Waals surface area contributed by atoms with Gasteiger partial charge in [0.15, 0.2) is 17.5 Å². The predicted molar refractivity (Wildman–Crippen MR) is 99.5 cm³/mol. The Morgan fingerprint density at radius 1 is 1.12 bits per heavy atom. The fourth-order valence-electron chi connectivity index (χ4n) is 3.53. The molecule has 0 amide bonds. The maximum Gasteiger partial charge on any atom is 0.191 e. The molecule has 1 aromatic rings. The van der Waals surface area contributed by atoms with Crippen LogP contribution in [0, 0.1) is 0 Å². The zero-order valence-corrected chi connectivity index (χ0v) is 15.4. The molecule has 1 unspecified atom stereocenters. The number of piperazine rings is 3. The van der Waals surface area contributed by atoms with Crippen LogP contribution in [0.3, 0.4) is 0 Å². The van der Waals surface area contributed by atoms with Crippen LogP contribution in [0.4, 0.5) is 0 Å². The Labute approximate surface area is 150 Å². The number of ether oxygens (including phenoxy) is 2. The highest BCUT2D eigenvalue weighted by molar-refractivity contribution is 5.79. The number of fused-ring (bicyclic) bond motifs is 3. The average molecular weight is 347 g/mol. The highest BCUT2D eigenvalue weighted by atomic mass is 16.5. The normalized spacial score (nSPS) is 25.6. The Morgan fingerprint density at radius 3 is 2.48 bits per heavy atom. The fraction of sp³-hybridized carbons (Fsp3) is 0.611. The van der Waals surface area contributed by atoms with E-state index >= 15 is 0 Å². The van der Waals surface area contributed by atoms with Gasteiger partial charge in [0.25, 0.3) is 0 Å². The van der Waals surface area contributed by atoms with Crippen molar-refractivity contribution in [1.82, 2.24) is 20.4 Å². The minimum absolute atomic E-state index is 0.571. The summed E-state index contributed by atoms with van der Waals surface area (Å²) in [4.78, 5) is 9.46. The van der Waals surface area contributed by atoms with Crippen molar-refractivity contribution >= 4 is 5.96 Å². The first-order chi connectivity index (χ1) is 12.2. The summed E-state index contributed by atoms with van der Waals surface area (Å²) in [5.74, 6) is 2.31. The van der Waals surface area contributed by atoms with Crippen LogP contribution >= 0.6 is 0 Å². The average Bonchev–Trinajstić information content (AvgIpc) is 2.68. The standard InChI is InChI=1S/C18H29N5O2/c1-19-18(21-12-15-13-22-6-8-23(15)9-7-22)20-11-14-4-5-16(24-2)17(10-14)25-3/h4-5,10,15H,6-9,11-13H2,1-3H3,(H2,19,20,21). The first kappa shape index (κ1) is 17.8. The third-order valence-electron chi connectivity index (χ3n) is 5.03. The molecule has 7 nitrogen and oxygen atoms in total. The van der Waals surface area contributed by atoms with Crippen molar-refractivity contribution in [2.45, 2.75) is 12.6 Å². The molecule has 0 saturated carbocycles. The van der Waals surface area contributed by atoms with Gasteiger partial charge in [-0.25, -0.2) is 0 Å². The van der Waals surface area contributed by atoms with Crippen LogP contribution in [0.25, 0.3) is 0 Å². The molecule has 3 saturated heterocycles. The van der Waals surface area contributed by atoms with E-state index < -0.39 is 0 Å². The molecule has 3 aliphatic rings. The summed E-state index contributed by atoms with van der Waals surface area (Å²) in [6, 6.07) is 6.51. The second kappa shape index (κ2) is 8.40. The maximum absolute atomic E-state index is 5.36. The van der Waals surface area contributed by atoms with Crippen LogP contribution in [0.15, 0.2) is 23.2 Å². The van der Waals surface area contributed by atoms with Gasteiger partial charge in [-0.15, -0.1) is 0 Å². The van der Waals surface area contributed by atoms with Crippen LogP contribution < -0.4 is 20.1 Å². The molecule has 25 heavy (non-hydrogen) atoms. The number of hydrogen-bond donors (Lipinski definition) is 2. The molecule has 0 aliphatic carbocycles. The van der Waals surface area contributed by atoms with Gasteiger partial charge in [-0.05, 0) is 17.7 Å². The molecule has 4 rings (SSSR count). The molecule has 0 radical (unpaired) electrons. The van der Waals surface area contributed by atoms with Crippen LogP contribution in [-0.2, 0) is 6.54 Å². The van der Waals surface area contributed by atoms with E-state index in [4.69, 9.17) is 9.47 Å². The predicted octanol–water partition coefficient (Wildman–Crippen LogP) is 0.369. The van der Waals surface area contributed by atoms with Gasteiger partial charge in [0.1, 0.15) is 0 Å². The number of hydrogen-bond acceptors (Lipinski definition) is 5. The second-order valence-electron chi connectivity index (χ2n) is 6.49. The maximum atomic E-state index is 5.36. The second-order valence-corrected chi connectivity index (χ2v) is 6.49. The van der Waals surface area contributed by atoms with Gasteiger partial charge >= 0.3 is 0 Å². The summed E-state index contributed by atoms with van der Waals surface area (Å²) in [5.41, 5.74) is 1.12. The van der Waals surface area contributed by atoms with Crippen molar-refractivity contribution in [3.63, 3.8) is 0 Å². The first-order valence-corrected chi connectivity index (χ1v) is 8.85. The van der Waals surface area contributed by atoms with Gasteiger partial charge < -0.3 is 20.1 Å². The molecule has 0 spiro atoms. The molecule has 7 heteroatoms. The Kier molecular flexibility index (Phi) is 5.99. The van der Waals surface area contributed by atoms with E-state index in [9.17, 15) is 0 Å². The number of rotatable bonds is 6. The van der Waals surface area contributed by atoms with Crippen LogP contribution in [0.1, 0.15) is 5.56 Å². The minimum atomic E-state index is 0.571. The lowest BCUT2D eigenvalue weighted by Crippen LogP contribution is -2.63. The lowest BCUT2D eigenvalue weighted by atomic mass is 10.1. The van der Waals surface area contributed by atoms with Gasteiger partial charge in [0, 0.05) is 58.9 Å². The van der Waals surface area contributed by atoms with Gasteiger partial charge in [0.2, 0.25) is 0 Å². The Morgan fingerprint density at radius 2 is 1.88 bits per heavy atom. The smallest absolute Gasteiger partial charge is 0.191 e. The van der Waals surface area contributed by atoms with Gasteiger partial charge in [-0.2, -0.15) is 0 Å². The minimum Gasteiger partial charge on any atom is -0.493 e. The van der Waals surface area contributed by atoms with E-state index in [2.05, 4.69) is 25.4 Å². The lowest BCUT2D eigenvalue weighted by molar-refractivity contribution is 0.0154. The van der Waals surface area contributed by atoms with Gasteiger partial charge in [0.05, 0.1) is 14.2 Å². The quantitative estimate of drug-likeness (QED) is 0.573. The summed E-state index contributed by atoms with van der Waals surface area (Å²) in [7, 11) is 5.10. The number of nitrogens with one attached hydrogen (secondary N) is 2. The van der Waals surface area contributed by atoms with Crippen molar-refractivity contribution < 1.29 is 9.47 Å². The first-order valence-electron chi connectivity index (χ1n) is 8.85. The highest BCUT2D eigenvalue weighted by Crippen LogP contribution is 2.27. The molecule has 138 valence electrons. The van der Waals surface area contributed by atoms with Crippen molar-refractivity contribution in [3.05, 3.63) is 23.8 Å². The number of aliphatic imine (C=N–C) groups is 1. The molecule has 3 aliphatic heterocycles. The zero-order valence-electron chi connectivity index (χ0n) is 15.4. The molecule has 0 aromatic heterocycles. The van der Waals surface area contributed by atoms with E-state index in [1.807, 2.05) is 18.2 Å². The molecule has 1 aromatic carbocycles. The summed E-state index contributed by atoms with van der Waals surface area (Å²) in [6.07, 6.45) is 0. The number of benzene rings is 1. The van der Waals surface area contributed by atoms with E-state index in [0.29, 0.717) is 12.6 Å². The van der Waals surface area contributed by atoms with E-state index in [-0.39, 0.29) is 0 Å². The Bertz CT molecular complexity index is 599. The molecule has 3 fully saturated rings. The molecule has 3 heterocycles. The van der Waals surface area contributed by atoms with Crippen LogP contribution in [0.2, 0.25) is 0 Å². The third kappa shape index (κ3) is 4.35. The molecular formula is C18H29N5O2. The molecule has 2 N–H and O–H groups in total. The van der Waals surface area contributed by atoms with E-state index in [1.54, 1.807) is 21.3 Å². The number of guanidine groups is 1. The summed E-state index contributed by atoms with van der Waals surface area (Å²) < 4.78 is 10.6. The summed E-state index contributed by atoms with van der Waals surface area (Å²) >= 11 is 0. The van der Waals surface area contributed by atoms with Crippen molar-refractivity contribution in [3.8, 4) is 11.5 Å². The number of methoxy groups -OCH3 is 2. The topological polar surface area (TPSA) is 61.4 Å². The monoisotopic (exact) mass is 347 g/mol. The lowest BCUT2D eigenvalue weighted by Gasteiger charge is -2.47. The highest BCUT2D eigenvalue weighted by Gasteiger charge is 2.31.